The van der Waals surface area contributed by atoms with E-state index in [1.807, 2.05) is 35.7 Å². The van der Waals surface area contributed by atoms with Crippen LogP contribution in [0.1, 0.15) is 20.7 Å². The van der Waals surface area contributed by atoms with Crippen molar-refractivity contribution < 1.29 is 23.9 Å². The monoisotopic (exact) mass is 558 g/mol. The third kappa shape index (κ3) is 5.15. The van der Waals surface area contributed by atoms with Gasteiger partial charge in [0.05, 0.1) is 24.1 Å². The Labute approximate surface area is 231 Å². The molecule has 4 aromatic rings. The second kappa shape index (κ2) is 10.9. The zero-order chi connectivity index (χ0) is 27.5. The summed E-state index contributed by atoms with van der Waals surface area (Å²) < 4.78 is 4.76. The number of hydrogen-bond donors (Lipinski definition) is 2. The molecule has 2 N–H and O–H groups in total. The molecule has 0 aliphatic carbocycles. The number of nitrogens with one attached hydrogen (secondary N) is 2. The summed E-state index contributed by atoms with van der Waals surface area (Å²) in [6.07, 6.45) is 0. The SMILES string of the molecule is COC(=O)c1ccccc1N1C(=O)C(Cl)=C(Nc2ccc(C(=O)Nc3nc(-c4ccccc4)cs3)cc2)C1=O. The number of carbonyl (C=O) groups is 4. The topological polar surface area (TPSA) is 118 Å². The Bertz CT molecular complexity index is 1630. The van der Waals surface area contributed by atoms with Gasteiger partial charge in [-0.15, -0.1) is 11.3 Å². The number of ether oxygens (including phenoxy) is 1. The van der Waals surface area contributed by atoms with Gasteiger partial charge in [-0.2, -0.15) is 0 Å². The first-order valence-electron chi connectivity index (χ1n) is 11.5. The van der Waals surface area contributed by atoms with Crippen LogP contribution in [0, 0.1) is 0 Å². The second-order valence-electron chi connectivity index (χ2n) is 8.20. The second-order valence-corrected chi connectivity index (χ2v) is 9.44. The third-order valence-corrected chi connectivity index (χ3v) is 6.90. The minimum absolute atomic E-state index is 0.0406. The van der Waals surface area contributed by atoms with Crippen LogP contribution in [0.15, 0.2) is 95.0 Å². The normalized spacial score (nSPS) is 13.0. The molecule has 0 unspecified atom stereocenters. The molecule has 0 radical (unpaired) electrons. The average molecular weight is 559 g/mol. The van der Waals surface area contributed by atoms with Gasteiger partial charge in [-0.1, -0.05) is 54.1 Å². The van der Waals surface area contributed by atoms with Crippen molar-refractivity contribution in [3.8, 4) is 11.3 Å². The van der Waals surface area contributed by atoms with Crippen LogP contribution < -0.4 is 15.5 Å². The van der Waals surface area contributed by atoms with Gasteiger partial charge in [0, 0.05) is 22.2 Å². The number of anilines is 3. The van der Waals surface area contributed by atoms with Crippen LogP contribution >= 0.6 is 22.9 Å². The molecule has 9 nitrogen and oxygen atoms in total. The number of rotatable bonds is 7. The average Bonchev–Trinajstić information content (AvgIpc) is 3.51. The number of aromatic nitrogens is 1. The third-order valence-electron chi connectivity index (χ3n) is 5.79. The molecule has 0 fully saturated rings. The zero-order valence-corrected chi connectivity index (χ0v) is 21.9. The number of amides is 3. The molecule has 0 saturated carbocycles. The maximum Gasteiger partial charge on any atom is 0.339 e. The molecule has 3 aromatic carbocycles. The first kappa shape index (κ1) is 25.8. The highest BCUT2D eigenvalue weighted by atomic mass is 35.5. The summed E-state index contributed by atoms with van der Waals surface area (Å²) >= 11 is 7.54. The maximum atomic E-state index is 13.2. The number of halogens is 1. The first-order valence-corrected chi connectivity index (χ1v) is 12.8. The number of hydrogen-bond acceptors (Lipinski definition) is 8. The summed E-state index contributed by atoms with van der Waals surface area (Å²) in [7, 11) is 1.20. The molecule has 0 saturated heterocycles. The highest BCUT2D eigenvalue weighted by Crippen LogP contribution is 2.32. The predicted octanol–water partition coefficient (Wildman–Crippen LogP) is 5.28. The van der Waals surface area contributed by atoms with E-state index in [0.717, 1.165) is 16.2 Å². The number of methoxy groups -OCH3 is 1. The van der Waals surface area contributed by atoms with Gasteiger partial charge in [0.25, 0.3) is 17.7 Å². The first-order chi connectivity index (χ1) is 18.9. The lowest BCUT2D eigenvalue weighted by atomic mass is 10.1. The van der Waals surface area contributed by atoms with Gasteiger partial charge in [-0.25, -0.2) is 14.7 Å². The van der Waals surface area contributed by atoms with Crippen LogP contribution in [0.4, 0.5) is 16.5 Å². The predicted molar refractivity (Wildman–Crippen MR) is 149 cm³/mol. The van der Waals surface area contributed by atoms with E-state index in [1.165, 1.54) is 30.6 Å². The lowest BCUT2D eigenvalue weighted by molar-refractivity contribution is -0.120. The largest absolute Gasteiger partial charge is 0.465 e. The molecule has 39 heavy (non-hydrogen) atoms. The number of imide groups is 1. The quantitative estimate of drug-likeness (QED) is 0.234. The number of para-hydroxylation sites is 1. The molecule has 5 rings (SSSR count). The molecule has 2 heterocycles. The molecule has 11 heteroatoms. The molecule has 0 atom stereocenters. The molecule has 194 valence electrons. The van der Waals surface area contributed by atoms with Crippen LogP contribution in [0.3, 0.4) is 0 Å². The Balaban J connectivity index is 1.28. The van der Waals surface area contributed by atoms with Gasteiger partial charge in [-0.3, -0.25) is 19.7 Å². The zero-order valence-electron chi connectivity index (χ0n) is 20.3. The Hall–Kier alpha value is -4.80. The van der Waals surface area contributed by atoms with Crippen molar-refractivity contribution in [2.75, 3.05) is 22.6 Å². The Morgan fingerprint density at radius 1 is 0.923 bits per heavy atom. The molecular formula is C28H19ClN4O5S. The minimum atomic E-state index is -0.783. The molecule has 1 aromatic heterocycles. The van der Waals surface area contributed by atoms with Crippen molar-refractivity contribution >= 4 is 63.1 Å². The van der Waals surface area contributed by atoms with Crippen LogP contribution in [-0.2, 0) is 14.3 Å². The van der Waals surface area contributed by atoms with Crippen molar-refractivity contribution in [2.24, 2.45) is 0 Å². The van der Waals surface area contributed by atoms with E-state index in [-0.39, 0.29) is 27.9 Å². The number of nitrogens with zero attached hydrogens (tertiary/aromatic N) is 2. The fraction of sp³-hybridized carbons (Fsp3) is 0.0357. The number of carbonyl (C=O) groups excluding carboxylic acids is 4. The van der Waals surface area contributed by atoms with Crippen LogP contribution in [0.25, 0.3) is 11.3 Å². The summed E-state index contributed by atoms with van der Waals surface area (Å²) in [4.78, 5) is 56.2. The lowest BCUT2D eigenvalue weighted by Crippen LogP contribution is -2.33. The summed E-state index contributed by atoms with van der Waals surface area (Å²) in [5.74, 6) is -2.58. The number of thiazole rings is 1. The smallest absolute Gasteiger partial charge is 0.339 e. The van der Waals surface area contributed by atoms with Crippen LogP contribution in [0.5, 0.6) is 0 Å². The van der Waals surface area contributed by atoms with Gasteiger partial charge < -0.3 is 10.1 Å². The molecule has 1 aliphatic rings. The summed E-state index contributed by atoms with van der Waals surface area (Å²) in [5.41, 5.74) is 2.43. The fourth-order valence-corrected chi connectivity index (χ4v) is 4.80. The molecule has 3 amide bonds. The Kier molecular flexibility index (Phi) is 7.22. The highest BCUT2D eigenvalue weighted by molar-refractivity contribution is 7.14. The minimum Gasteiger partial charge on any atom is -0.465 e. The Morgan fingerprint density at radius 2 is 1.62 bits per heavy atom. The van der Waals surface area contributed by atoms with Crippen molar-refractivity contribution in [1.82, 2.24) is 4.98 Å². The lowest BCUT2D eigenvalue weighted by Gasteiger charge is -2.17. The summed E-state index contributed by atoms with van der Waals surface area (Å²) in [6.45, 7) is 0. The van der Waals surface area contributed by atoms with E-state index in [2.05, 4.69) is 15.6 Å². The van der Waals surface area contributed by atoms with Gasteiger partial charge in [0.2, 0.25) is 0 Å². The van der Waals surface area contributed by atoms with Gasteiger partial charge in [-0.05, 0) is 36.4 Å². The van der Waals surface area contributed by atoms with Crippen LogP contribution in [0.2, 0.25) is 0 Å². The molecule has 0 bridgehead atoms. The van der Waals surface area contributed by atoms with Crippen molar-refractivity contribution in [1.29, 1.82) is 0 Å². The number of benzene rings is 3. The van der Waals surface area contributed by atoms with Crippen molar-refractivity contribution in [2.45, 2.75) is 0 Å². The fourth-order valence-electron chi connectivity index (χ4n) is 3.87. The molecule has 0 spiro atoms. The van der Waals surface area contributed by atoms with Crippen molar-refractivity contribution in [3.05, 3.63) is 106 Å². The summed E-state index contributed by atoms with van der Waals surface area (Å²) in [6, 6.07) is 22.0. The van der Waals surface area contributed by atoms with E-state index in [9.17, 15) is 19.2 Å². The maximum absolute atomic E-state index is 13.2. The highest BCUT2D eigenvalue weighted by Gasteiger charge is 2.40. The van der Waals surface area contributed by atoms with Gasteiger partial charge in [0.15, 0.2) is 5.13 Å². The van der Waals surface area contributed by atoms with E-state index in [0.29, 0.717) is 16.4 Å². The standard InChI is InChI=1S/C28H19ClN4O5S/c1-38-27(37)19-9-5-6-10-21(19)33-25(35)22(29)23(26(33)36)30-18-13-11-17(12-14-18)24(34)32-28-31-20(15-39-28)16-7-3-2-4-8-16/h2-15,30H,1H3,(H,31,32,34). The van der Waals surface area contributed by atoms with E-state index in [4.69, 9.17) is 16.3 Å². The Morgan fingerprint density at radius 3 is 2.33 bits per heavy atom. The van der Waals surface area contributed by atoms with Gasteiger partial charge in [0.1, 0.15) is 10.7 Å². The summed E-state index contributed by atoms with van der Waals surface area (Å²) in [5, 5.41) is 7.61. The number of esters is 1. The molecular weight excluding hydrogens is 540 g/mol. The van der Waals surface area contributed by atoms with E-state index < -0.39 is 17.8 Å². The van der Waals surface area contributed by atoms with E-state index >= 15 is 0 Å². The van der Waals surface area contributed by atoms with Crippen LogP contribution in [-0.4, -0.2) is 35.8 Å². The van der Waals surface area contributed by atoms with Crippen molar-refractivity contribution in [3.63, 3.8) is 0 Å². The van der Waals surface area contributed by atoms with E-state index in [1.54, 1.807) is 36.4 Å². The molecule has 1 aliphatic heterocycles. The van der Waals surface area contributed by atoms with Gasteiger partial charge >= 0.3 is 5.97 Å².